The molecule has 4 heterocycles. The van der Waals surface area contributed by atoms with E-state index in [1.54, 1.807) is 0 Å². The zero-order valence-corrected chi connectivity index (χ0v) is 14.1. The van der Waals surface area contributed by atoms with Crippen molar-refractivity contribution in [2.75, 3.05) is 11.1 Å². The fourth-order valence-corrected chi connectivity index (χ4v) is 4.89. The van der Waals surface area contributed by atoms with E-state index in [9.17, 15) is 8.42 Å². The third-order valence-electron chi connectivity index (χ3n) is 4.71. The average Bonchev–Trinajstić information content (AvgIpc) is 3.18. The first kappa shape index (κ1) is 14.6. The molecule has 2 aromatic heterocycles. The standard InChI is InChI=1S/C17H15N5O2S/c23-25(24)4-3-14-13(8-25)15-16(19-9-20-17(15)22-14)21-12-2-1-10-6-18-7-11(10)5-12/h1-2,5,7,9H,3-4,6,8H2,(H2,19,20,21,22). The number of sulfone groups is 1. The molecule has 2 aliphatic heterocycles. The van der Waals surface area contributed by atoms with Crippen molar-refractivity contribution in [1.29, 1.82) is 0 Å². The Morgan fingerprint density at radius 2 is 2.12 bits per heavy atom. The number of rotatable bonds is 2. The minimum atomic E-state index is -3.08. The topological polar surface area (TPSA) is 100 Å². The Balaban J connectivity index is 1.62. The summed E-state index contributed by atoms with van der Waals surface area (Å²) in [5.41, 5.74) is 5.57. The van der Waals surface area contributed by atoms with Crippen molar-refractivity contribution >= 4 is 38.6 Å². The lowest BCUT2D eigenvalue weighted by atomic mass is 10.1. The van der Waals surface area contributed by atoms with Crippen molar-refractivity contribution in [3.63, 3.8) is 0 Å². The van der Waals surface area contributed by atoms with Crippen LogP contribution >= 0.6 is 0 Å². The molecule has 7 nitrogen and oxygen atoms in total. The van der Waals surface area contributed by atoms with Gasteiger partial charge in [-0.15, -0.1) is 0 Å². The fraction of sp³-hybridized carbons (Fsp3) is 0.235. The SMILES string of the molecule is O=S1(=O)CCc2[nH]c3ncnc(Nc4ccc5c(c4)C=NC5)c3c2C1. The smallest absolute Gasteiger partial charge is 0.154 e. The molecule has 8 heteroatoms. The molecule has 25 heavy (non-hydrogen) atoms. The number of aromatic amines is 1. The molecule has 0 radical (unpaired) electrons. The van der Waals surface area contributed by atoms with Crippen LogP contribution in [0, 0.1) is 0 Å². The van der Waals surface area contributed by atoms with Crippen LogP contribution in [0.4, 0.5) is 11.5 Å². The highest BCUT2D eigenvalue weighted by Crippen LogP contribution is 2.33. The summed E-state index contributed by atoms with van der Waals surface area (Å²) in [5.74, 6) is 0.823. The number of H-pyrrole nitrogens is 1. The maximum Gasteiger partial charge on any atom is 0.154 e. The molecule has 2 N–H and O–H groups in total. The molecule has 1 aromatic carbocycles. The van der Waals surface area contributed by atoms with Crippen LogP contribution in [-0.4, -0.2) is 35.3 Å². The van der Waals surface area contributed by atoms with Crippen molar-refractivity contribution in [2.24, 2.45) is 4.99 Å². The lowest BCUT2D eigenvalue weighted by Gasteiger charge is -2.13. The Morgan fingerprint density at radius 3 is 3.04 bits per heavy atom. The Hall–Kier alpha value is -2.74. The van der Waals surface area contributed by atoms with Crippen molar-refractivity contribution in [1.82, 2.24) is 15.0 Å². The summed E-state index contributed by atoms with van der Waals surface area (Å²) < 4.78 is 24.1. The summed E-state index contributed by atoms with van der Waals surface area (Å²) in [4.78, 5) is 16.1. The summed E-state index contributed by atoms with van der Waals surface area (Å²) in [7, 11) is -3.08. The molecule has 126 valence electrons. The van der Waals surface area contributed by atoms with E-state index in [-0.39, 0.29) is 11.5 Å². The second-order valence-electron chi connectivity index (χ2n) is 6.38. The van der Waals surface area contributed by atoms with Gasteiger partial charge in [-0.2, -0.15) is 0 Å². The van der Waals surface area contributed by atoms with Gasteiger partial charge in [-0.1, -0.05) is 6.07 Å². The molecule has 0 atom stereocenters. The second kappa shape index (κ2) is 5.13. The van der Waals surface area contributed by atoms with E-state index in [0.29, 0.717) is 17.9 Å². The molecule has 3 aromatic rings. The van der Waals surface area contributed by atoms with Crippen LogP contribution < -0.4 is 5.32 Å². The number of hydrogen-bond acceptors (Lipinski definition) is 6. The molecular weight excluding hydrogens is 338 g/mol. The highest BCUT2D eigenvalue weighted by Gasteiger charge is 2.27. The van der Waals surface area contributed by atoms with Gasteiger partial charge in [0, 0.05) is 29.6 Å². The third-order valence-corrected chi connectivity index (χ3v) is 6.27. The highest BCUT2D eigenvalue weighted by atomic mass is 32.2. The van der Waals surface area contributed by atoms with Crippen LogP contribution in [0.5, 0.6) is 0 Å². The maximum atomic E-state index is 12.1. The van der Waals surface area contributed by atoms with Crippen molar-refractivity contribution in [2.45, 2.75) is 18.7 Å². The predicted molar refractivity (Wildman–Crippen MR) is 96.1 cm³/mol. The summed E-state index contributed by atoms with van der Waals surface area (Å²) in [6.45, 7) is 0.719. The van der Waals surface area contributed by atoms with E-state index < -0.39 is 9.84 Å². The first-order chi connectivity index (χ1) is 12.1. The first-order valence-electron chi connectivity index (χ1n) is 8.04. The molecule has 0 amide bonds. The van der Waals surface area contributed by atoms with E-state index in [0.717, 1.165) is 34.4 Å². The zero-order chi connectivity index (χ0) is 17.0. The maximum absolute atomic E-state index is 12.1. The van der Waals surface area contributed by atoms with E-state index >= 15 is 0 Å². The highest BCUT2D eigenvalue weighted by molar-refractivity contribution is 7.90. The third kappa shape index (κ3) is 2.41. The van der Waals surface area contributed by atoms with E-state index in [1.165, 1.54) is 11.9 Å². The molecule has 0 aliphatic carbocycles. The van der Waals surface area contributed by atoms with Crippen molar-refractivity contribution in [3.05, 3.63) is 46.9 Å². The summed E-state index contributed by atoms with van der Waals surface area (Å²) >= 11 is 0. The molecule has 0 saturated heterocycles. The predicted octanol–water partition coefficient (Wildman–Crippen LogP) is 2.10. The van der Waals surface area contributed by atoms with E-state index in [1.807, 2.05) is 24.4 Å². The van der Waals surface area contributed by atoms with Gasteiger partial charge in [0.2, 0.25) is 0 Å². The quantitative estimate of drug-likeness (QED) is 0.735. The number of aryl methyl sites for hydroxylation is 1. The van der Waals surface area contributed by atoms with Gasteiger partial charge in [0.05, 0.1) is 23.4 Å². The lowest BCUT2D eigenvalue weighted by Crippen LogP contribution is -2.18. The van der Waals surface area contributed by atoms with Gasteiger partial charge in [-0.05, 0) is 23.3 Å². The van der Waals surface area contributed by atoms with E-state index in [4.69, 9.17) is 0 Å². The normalized spacial score (nSPS) is 17.4. The number of anilines is 2. The molecule has 0 fully saturated rings. The zero-order valence-electron chi connectivity index (χ0n) is 13.3. The number of benzene rings is 1. The minimum Gasteiger partial charge on any atom is -0.343 e. The number of hydrogen-bond donors (Lipinski definition) is 2. The molecule has 5 rings (SSSR count). The average molecular weight is 353 g/mol. The second-order valence-corrected chi connectivity index (χ2v) is 8.56. The van der Waals surface area contributed by atoms with E-state index in [2.05, 4.69) is 25.3 Å². The lowest BCUT2D eigenvalue weighted by molar-refractivity contribution is 0.591. The van der Waals surface area contributed by atoms with Crippen LogP contribution in [-0.2, 0) is 28.6 Å². The van der Waals surface area contributed by atoms with Crippen molar-refractivity contribution in [3.8, 4) is 0 Å². The largest absolute Gasteiger partial charge is 0.343 e. The Bertz CT molecular complexity index is 1150. The van der Waals surface area contributed by atoms with Gasteiger partial charge in [-0.25, -0.2) is 18.4 Å². The Morgan fingerprint density at radius 1 is 1.20 bits per heavy atom. The van der Waals surface area contributed by atoms with Crippen LogP contribution in [0.25, 0.3) is 11.0 Å². The Kier molecular flexibility index (Phi) is 2.99. The van der Waals surface area contributed by atoms with Crippen molar-refractivity contribution < 1.29 is 8.42 Å². The fourth-order valence-electron chi connectivity index (χ4n) is 3.47. The number of aromatic nitrogens is 3. The molecule has 0 saturated carbocycles. The molecule has 2 aliphatic rings. The number of fused-ring (bicyclic) bond motifs is 4. The summed E-state index contributed by atoms with van der Waals surface area (Å²) in [6.07, 6.45) is 3.83. The van der Waals surface area contributed by atoms with Gasteiger partial charge in [0.1, 0.15) is 17.8 Å². The molecule has 0 unspecified atom stereocenters. The first-order valence-corrected chi connectivity index (χ1v) is 9.86. The Labute approximate surface area is 144 Å². The van der Waals surface area contributed by atoms with Gasteiger partial charge in [0.15, 0.2) is 9.84 Å². The van der Waals surface area contributed by atoms with Gasteiger partial charge < -0.3 is 10.3 Å². The molecular formula is C17H15N5O2S. The molecule has 0 spiro atoms. The van der Waals surface area contributed by atoms with Gasteiger partial charge >= 0.3 is 0 Å². The summed E-state index contributed by atoms with van der Waals surface area (Å²) in [5, 5.41) is 4.07. The number of aliphatic imine (C=N–C) groups is 1. The van der Waals surface area contributed by atoms with Gasteiger partial charge in [0.25, 0.3) is 0 Å². The van der Waals surface area contributed by atoms with Crippen LogP contribution in [0.15, 0.2) is 29.5 Å². The van der Waals surface area contributed by atoms with Crippen LogP contribution in [0.3, 0.4) is 0 Å². The monoisotopic (exact) mass is 353 g/mol. The molecule has 0 bridgehead atoms. The number of nitrogens with one attached hydrogen (secondary N) is 2. The van der Waals surface area contributed by atoms with Crippen LogP contribution in [0.1, 0.15) is 22.4 Å². The minimum absolute atomic E-state index is 0.0290. The van der Waals surface area contributed by atoms with Crippen LogP contribution in [0.2, 0.25) is 0 Å². The summed E-state index contributed by atoms with van der Waals surface area (Å²) in [6, 6.07) is 6.05. The number of nitrogens with zero attached hydrogens (tertiary/aromatic N) is 3. The van der Waals surface area contributed by atoms with Gasteiger partial charge in [-0.3, -0.25) is 4.99 Å².